The highest BCUT2D eigenvalue weighted by Crippen LogP contribution is 2.23. The predicted octanol–water partition coefficient (Wildman–Crippen LogP) is 1.02. The maximum absolute atomic E-state index is 10.7. The molecule has 1 rings (SSSR count). The number of carbonyl (C=O) groups is 1. The van der Waals surface area contributed by atoms with Gasteiger partial charge in [-0.15, -0.1) is 0 Å². The van der Waals surface area contributed by atoms with Gasteiger partial charge in [-0.05, 0) is 19.3 Å². The highest BCUT2D eigenvalue weighted by Gasteiger charge is 2.22. The van der Waals surface area contributed by atoms with E-state index in [2.05, 4.69) is 0 Å². The molecule has 2 heteroatoms. The van der Waals surface area contributed by atoms with Gasteiger partial charge in [0.2, 0.25) is 5.91 Å². The van der Waals surface area contributed by atoms with Crippen LogP contribution in [0.4, 0.5) is 0 Å². The van der Waals surface area contributed by atoms with Crippen LogP contribution in [-0.2, 0) is 4.79 Å². The Morgan fingerprint density at radius 3 is 2.22 bits per heavy atom. The van der Waals surface area contributed by atoms with Crippen LogP contribution in [0.15, 0.2) is 0 Å². The normalized spacial score (nSPS) is 18.9. The van der Waals surface area contributed by atoms with Crippen molar-refractivity contribution in [3.05, 3.63) is 0 Å². The van der Waals surface area contributed by atoms with Gasteiger partial charge in [-0.2, -0.15) is 0 Å². The Morgan fingerprint density at radius 1 is 1.56 bits per heavy atom. The van der Waals surface area contributed by atoms with Gasteiger partial charge >= 0.3 is 0 Å². The minimum Gasteiger partial charge on any atom is -0.343 e. The molecule has 0 radical (unpaired) electrons. The molecular weight excluding hydrogens is 114 g/mol. The molecule has 1 aliphatic carbocycles. The highest BCUT2D eigenvalue weighted by atomic mass is 16.2. The van der Waals surface area contributed by atoms with Gasteiger partial charge in [0.15, 0.2) is 0 Å². The molecule has 0 unspecified atom stereocenters. The second-order valence-electron chi connectivity index (χ2n) is 2.71. The summed E-state index contributed by atoms with van der Waals surface area (Å²) in [6.07, 6.45) is 3.70. The first kappa shape index (κ1) is 6.59. The van der Waals surface area contributed by atoms with Gasteiger partial charge in [0.05, 0.1) is 0 Å². The summed E-state index contributed by atoms with van der Waals surface area (Å²) in [5.74, 6) is 0.194. The number of rotatable bonds is 1. The standard InChI is InChI=1S/C7H13NO/c1-6(9)8(2)7-4-3-5-7/h7H,3-5H2,1-2H3. The summed E-state index contributed by atoms with van der Waals surface area (Å²) >= 11 is 0. The Morgan fingerprint density at radius 2 is 2.11 bits per heavy atom. The number of nitrogens with zero attached hydrogens (tertiary/aromatic N) is 1. The fourth-order valence-electron chi connectivity index (χ4n) is 1.03. The molecule has 0 atom stereocenters. The Hall–Kier alpha value is -0.530. The van der Waals surface area contributed by atoms with Gasteiger partial charge in [0.1, 0.15) is 0 Å². The van der Waals surface area contributed by atoms with E-state index in [0.29, 0.717) is 6.04 Å². The highest BCUT2D eigenvalue weighted by molar-refractivity contribution is 5.73. The molecule has 0 N–H and O–H groups in total. The summed E-state index contributed by atoms with van der Waals surface area (Å²) in [7, 11) is 1.88. The lowest BCUT2D eigenvalue weighted by Gasteiger charge is -2.33. The van der Waals surface area contributed by atoms with Crippen molar-refractivity contribution in [1.82, 2.24) is 4.90 Å². The zero-order chi connectivity index (χ0) is 6.85. The van der Waals surface area contributed by atoms with Crippen molar-refractivity contribution in [2.75, 3.05) is 7.05 Å². The quantitative estimate of drug-likeness (QED) is 0.515. The van der Waals surface area contributed by atoms with Crippen molar-refractivity contribution < 1.29 is 4.79 Å². The van der Waals surface area contributed by atoms with E-state index >= 15 is 0 Å². The van der Waals surface area contributed by atoms with Crippen LogP contribution in [-0.4, -0.2) is 23.9 Å². The minimum atomic E-state index is 0.194. The molecule has 0 aliphatic heterocycles. The van der Waals surface area contributed by atoms with Crippen molar-refractivity contribution in [3.8, 4) is 0 Å². The summed E-state index contributed by atoms with van der Waals surface area (Å²) in [6.45, 7) is 1.62. The number of hydrogen-bond donors (Lipinski definition) is 0. The summed E-state index contributed by atoms with van der Waals surface area (Å²) in [5, 5.41) is 0. The summed E-state index contributed by atoms with van der Waals surface area (Å²) in [4.78, 5) is 12.5. The van der Waals surface area contributed by atoms with E-state index in [0.717, 1.165) is 0 Å². The van der Waals surface area contributed by atoms with E-state index in [9.17, 15) is 4.79 Å². The molecule has 0 aromatic heterocycles. The van der Waals surface area contributed by atoms with Crippen LogP contribution in [0.25, 0.3) is 0 Å². The molecule has 1 fully saturated rings. The molecule has 0 saturated heterocycles. The van der Waals surface area contributed by atoms with E-state index < -0.39 is 0 Å². The lowest BCUT2D eigenvalue weighted by molar-refractivity contribution is -0.131. The third kappa shape index (κ3) is 1.23. The van der Waals surface area contributed by atoms with Gasteiger partial charge < -0.3 is 4.90 Å². The van der Waals surface area contributed by atoms with Crippen molar-refractivity contribution >= 4 is 5.91 Å². The average molecular weight is 127 g/mol. The van der Waals surface area contributed by atoms with Crippen molar-refractivity contribution in [2.24, 2.45) is 0 Å². The Bertz CT molecular complexity index is 118. The van der Waals surface area contributed by atoms with Crippen LogP contribution in [0.5, 0.6) is 0 Å². The second-order valence-corrected chi connectivity index (χ2v) is 2.71. The van der Waals surface area contributed by atoms with Gasteiger partial charge in [-0.25, -0.2) is 0 Å². The predicted molar refractivity (Wildman–Crippen MR) is 36.1 cm³/mol. The molecule has 1 saturated carbocycles. The first-order valence-corrected chi connectivity index (χ1v) is 3.45. The number of amides is 1. The van der Waals surface area contributed by atoms with Crippen molar-refractivity contribution in [1.29, 1.82) is 0 Å². The molecule has 0 spiro atoms. The van der Waals surface area contributed by atoms with Crippen LogP contribution >= 0.6 is 0 Å². The minimum absolute atomic E-state index is 0.194. The SMILES string of the molecule is CC(=O)N(C)C1CCC1. The Balaban J connectivity index is 2.32. The zero-order valence-corrected chi connectivity index (χ0v) is 6.05. The summed E-state index contributed by atoms with van der Waals surface area (Å²) in [5.41, 5.74) is 0. The average Bonchev–Trinajstić information content (AvgIpc) is 1.60. The Kier molecular flexibility index (Phi) is 1.74. The molecule has 2 nitrogen and oxygen atoms in total. The van der Waals surface area contributed by atoms with E-state index in [-0.39, 0.29) is 5.91 Å². The molecule has 52 valence electrons. The van der Waals surface area contributed by atoms with Gasteiger partial charge in [0, 0.05) is 20.0 Å². The third-order valence-electron chi connectivity index (χ3n) is 2.12. The van der Waals surface area contributed by atoms with E-state index in [1.54, 1.807) is 6.92 Å². The smallest absolute Gasteiger partial charge is 0.219 e. The van der Waals surface area contributed by atoms with Crippen LogP contribution < -0.4 is 0 Å². The topological polar surface area (TPSA) is 20.3 Å². The first-order valence-electron chi connectivity index (χ1n) is 3.45. The second kappa shape index (κ2) is 2.38. The third-order valence-corrected chi connectivity index (χ3v) is 2.12. The lowest BCUT2D eigenvalue weighted by Crippen LogP contribution is -2.39. The largest absolute Gasteiger partial charge is 0.343 e. The van der Waals surface area contributed by atoms with Gasteiger partial charge in [-0.3, -0.25) is 4.79 Å². The maximum Gasteiger partial charge on any atom is 0.219 e. The fraction of sp³-hybridized carbons (Fsp3) is 0.857. The lowest BCUT2D eigenvalue weighted by atomic mass is 9.92. The first-order chi connectivity index (χ1) is 4.22. The van der Waals surface area contributed by atoms with E-state index in [1.807, 2.05) is 11.9 Å². The number of carbonyl (C=O) groups excluding carboxylic acids is 1. The fourth-order valence-corrected chi connectivity index (χ4v) is 1.03. The van der Waals surface area contributed by atoms with Crippen LogP contribution in [0.2, 0.25) is 0 Å². The van der Waals surface area contributed by atoms with Gasteiger partial charge in [0.25, 0.3) is 0 Å². The molecule has 0 aromatic carbocycles. The van der Waals surface area contributed by atoms with E-state index in [4.69, 9.17) is 0 Å². The monoisotopic (exact) mass is 127 g/mol. The van der Waals surface area contributed by atoms with Crippen LogP contribution in [0, 0.1) is 0 Å². The summed E-state index contributed by atoms with van der Waals surface area (Å²) < 4.78 is 0. The van der Waals surface area contributed by atoms with Crippen LogP contribution in [0.3, 0.4) is 0 Å². The van der Waals surface area contributed by atoms with Gasteiger partial charge in [-0.1, -0.05) is 0 Å². The molecule has 1 aliphatic rings. The van der Waals surface area contributed by atoms with E-state index in [1.165, 1.54) is 19.3 Å². The molecule has 9 heavy (non-hydrogen) atoms. The van der Waals surface area contributed by atoms with Crippen molar-refractivity contribution in [2.45, 2.75) is 32.2 Å². The Labute approximate surface area is 55.8 Å². The van der Waals surface area contributed by atoms with Crippen molar-refractivity contribution in [3.63, 3.8) is 0 Å². The zero-order valence-electron chi connectivity index (χ0n) is 6.05. The molecule has 0 heterocycles. The molecule has 0 aromatic rings. The molecular formula is C7H13NO. The molecule has 0 bridgehead atoms. The summed E-state index contributed by atoms with van der Waals surface area (Å²) in [6, 6.07) is 0.558. The maximum atomic E-state index is 10.7. The molecule has 1 amide bonds. The van der Waals surface area contributed by atoms with Crippen LogP contribution in [0.1, 0.15) is 26.2 Å². The number of hydrogen-bond acceptors (Lipinski definition) is 1.